The maximum absolute atomic E-state index is 12.6. The molecule has 0 saturated carbocycles. The number of rotatable bonds is 6. The molecule has 0 spiro atoms. The molecule has 0 aliphatic heterocycles. The molecule has 0 radical (unpaired) electrons. The summed E-state index contributed by atoms with van der Waals surface area (Å²) in [6, 6.07) is 16.7. The quantitative estimate of drug-likeness (QED) is 0.752. The van der Waals surface area contributed by atoms with Crippen molar-refractivity contribution in [3.63, 3.8) is 0 Å². The number of unbranched alkanes of at least 4 members (excludes halogenated alkanes) is 1. The monoisotopic (exact) mass is 314 g/mol. The molecule has 0 atom stereocenters. The van der Waals surface area contributed by atoms with Crippen molar-refractivity contribution in [2.24, 2.45) is 0 Å². The van der Waals surface area contributed by atoms with Gasteiger partial charge in [-0.1, -0.05) is 61.4 Å². The second-order valence-corrected chi connectivity index (χ2v) is 7.27. The van der Waals surface area contributed by atoms with Crippen LogP contribution in [0.5, 0.6) is 0 Å². The molecular formula is C19H22O2S. The molecule has 0 amide bonds. The molecule has 0 heterocycles. The number of hydrogen-bond acceptors (Lipinski definition) is 2. The van der Waals surface area contributed by atoms with Crippen molar-refractivity contribution < 1.29 is 8.42 Å². The van der Waals surface area contributed by atoms with Gasteiger partial charge in [-0.15, -0.1) is 0 Å². The van der Waals surface area contributed by atoms with E-state index in [1.54, 1.807) is 12.1 Å². The van der Waals surface area contributed by atoms with Crippen LogP contribution in [-0.4, -0.2) is 8.42 Å². The normalized spacial score (nSPS) is 12.4. The molecule has 0 fully saturated rings. The average Bonchev–Trinajstić information content (AvgIpc) is 2.52. The first kappa shape index (κ1) is 16.5. The summed E-state index contributed by atoms with van der Waals surface area (Å²) in [5.74, 6) is 0. The summed E-state index contributed by atoms with van der Waals surface area (Å²) >= 11 is 0. The Hall–Kier alpha value is -1.87. The van der Waals surface area contributed by atoms with Gasteiger partial charge in [0.15, 0.2) is 9.84 Å². The third kappa shape index (κ3) is 4.31. The summed E-state index contributed by atoms with van der Waals surface area (Å²) in [6.45, 7) is 4.06. The zero-order valence-corrected chi connectivity index (χ0v) is 13.9. The van der Waals surface area contributed by atoms with Crippen LogP contribution in [0.25, 0.3) is 5.57 Å². The lowest BCUT2D eigenvalue weighted by atomic mass is 10.0. The predicted octanol–water partition coefficient (Wildman–Crippen LogP) is 5.00. The van der Waals surface area contributed by atoms with Crippen LogP contribution in [0.15, 0.2) is 64.9 Å². The van der Waals surface area contributed by atoms with Gasteiger partial charge in [0.2, 0.25) is 0 Å². The SMILES string of the molecule is CCCC/C(=C/S(=O)(=O)c1ccc(C)cc1)c1ccccc1. The van der Waals surface area contributed by atoms with Crippen molar-refractivity contribution in [2.45, 2.75) is 38.0 Å². The van der Waals surface area contributed by atoms with E-state index in [2.05, 4.69) is 6.92 Å². The molecule has 2 aromatic rings. The molecule has 0 unspecified atom stereocenters. The van der Waals surface area contributed by atoms with Crippen molar-refractivity contribution in [3.05, 3.63) is 71.1 Å². The first-order valence-corrected chi connectivity index (χ1v) is 9.15. The predicted molar refractivity (Wildman–Crippen MR) is 92.3 cm³/mol. The summed E-state index contributed by atoms with van der Waals surface area (Å²) in [7, 11) is -3.42. The second-order valence-electron chi connectivity index (χ2n) is 5.47. The molecule has 2 nitrogen and oxygen atoms in total. The fraction of sp³-hybridized carbons (Fsp3) is 0.263. The van der Waals surface area contributed by atoms with E-state index in [4.69, 9.17) is 0 Å². The summed E-state index contributed by atoms with van der Waals surface area (Å²) in [4.78, 5) is 0.350. The number of allylic oxidation sites excluding steroid dienone is 1. The van der Waals surface area contributed by atoms with Gasteiger partial charge in [0.1, 0.15) is 0 Å². The van der Waals surface area contributed by atoms with Crippen LogP contribution in [0.1, 0.15) is 37.3 Å². The fourth-order valence-corrected chi connectivity index (χ4v) is 3.55. The minimum atomic E-state index is -3.42. The number of benzene rings is 2. The number of aryl methyl sites for hydroxylation is 1. The smallest absolute Gasteiger partial charge is 0.200 e. The summed E-state index contributed by atoms with van der Waals surface area (Å²) < 4.78 is 25.2. The molecule has 0 N–H and O–H groups in total. The summed E-state index contributed by atoms with van der Waals surface area (Å²) in [5.41, 5.74) is 2.91. The Morgan fingerprint density at radius 3 is 2.23 bits per heavy atom. The first-order chi connectivity index (χ1) is 10.5. The number of sulfone groups is 1. The van der Waals surface area contributed by atoms with E-state index in [0.29, 0.717) is 4.90 Å². The van der Waals surface area contributed by atoms with Crippen molar-refractivity contribution in [3.8, 4) is 0 Å². The van der Waals surface area contributed by atoms with E-state index in [0.717, 1.165) is 36.0 Å². The zero-order valence-electron chi connectivity index (χ0n) is 13.1. The van der Waals surface area contributed by atoms with Gasteiger partial charge in [0, 0.05) is 5.41 Å². The van der Waals surface area contributed by atoms with Gasteiger partial charge in [-0.2, -0.15) is 0 Å². The van der Waals surface area contributed by atoms with Gasteiger partial charge >= 0.3 is 0 Å². The average molecular weight is 314 g/mol. The molecule has 0 saturated heterocycles. The lowest BCUT2D eigenvalue weighted by Crippen LogP contribution is -1.99. The Kier molecular flexibility index (Phi) is 5.56. The summed E-state index contributed by atoms with van der Waals surface area (Å²) in [5, 5.41) is 1.43. The minimum Gasteiger partial charge on any atom is -0.219 e. The summed E-state index contributed by atoms with van der Waals surface area (Å²) in [6.07, 6.45) is 2.78. The lowest BCUT2D eigenvalue weighted by molar-refractivity contribution is 0.604. The standard InChI is InChI=1S/C19H22O2S/c1-3-4-8-18(17-9-6-5-7-10-17)15-22(20,21)19-13-11-16(2)12-14-19/h5-7,9-15H,3-4,8H2,1-2H3/b18-15-. The largest absolute Gasteiger partial charge is 0.219 e. The van der Waals surface area contributed by atoms with Crippen LogP contribution < -0.4 is 0 Å². The highest BCUT2D eigenvalue weighted by Crippen LogP contribution is 2.24. The van der Waals surface area contributed by atoms with Crippen LogP contribution in [0.3, 0.4) is 0 Å². The van der Waals surface area contributed by atoms with E-state index in [9.17, 15) is 8.42 Å². The lowest BCUT2D eigenvalue weighted by Gasteiger charge is -2.08. The maximum atomic E-state index is 12.6. The molecule has 22 heavy (non-hydrogen) atoms. The van der Waals surface area contributed by atoms with Crippen molar-refractivity contribution in [1.29, 1.82) is 0 Å². The molecule has 116 valence electrons. The molecule has 2 rings (SSSR count). The van der Waals surface area contributed by atoms with Gasteiger partial charge < -0.3 is 0 Å². The molecule has 0 aromatic heterocycles. The molecule has 2 aromatic carbocycles. The zero-order chi connectivity index (χ0) is 16.0. The number of hydrogen-bond donors (Lipinski definition) is 0. The fourth-order valence-electron chi connectivity index (χ4n) is 2.27. The Labute approximate surface area is 133 Å². The van der Waals surface area contributed by atoms with Gasteiger partial charge in [0.25, 0.3) is 0 Å². The first-order valence-electron chi connectivity index (χ1n) is 7.60. The van der Waals surface area contributed by atoms with Gasteiger partial charge in [-0.3, -0.25) is 0 Å². The van der Waals surface area contributed by atoms with Gasteiger partial charge in [0.05, 0.1) is 4.90 Å². The van der Waals surface area contributed by atoms with E-state index in [1.165, 1.54) is 5.41 Å². The van der Waals surface area contributed by atoms with Crippen molar-refractivity contribution in [1.82, 2.24) is 0 Å². The maximum Gasteiger partial charge on any atom is 0.200 e. The second kappa shape index (κ2) is 7.41. The van der Waals surface area contributed by atoms with Gasteiger partial charge in [-0.05, 0) is 43.0 Å². The minimum absolute atomic E-state index is 0.350. The third-order valence-electron chi connectivity index (χ3n) is 3.59. The third-order valence-corrected chi connectivity index (χ3v) is 5.12. The molecule has 0 aliphatic rings. The van der Waals surface area contributed by atoms with Crippen LogP contribution >= 0.6 is 0 Å². The highest BCUT2D eigenvalue weighted by Gasteiger charge is 2.13. The highest BCUT2D eigenvalue weighted by molar-refractivity contribution is 7.94. The molecule has 0 aliphatic carbocycles. The van der Waals surface area contributed by atoms with Crippen LogP contribution in [0, 0.1) is 6.92 Å². The van der Waals surface area contributed by atoms with E-state index in [-0.39, 0.29) is 0 Å². The molecule has 3 heteroatoms. The Bertz CT molecular complexity index is 727. The van der Waals surface area contributed by atoms with Crippen LogP contribution in [0.2, 0.25) is 0 Å². The van der Waals surface area contributed by atoms with Crippen molar-refractivity contribution in [2.75, 3.05) is 0 Å². The van der Waals surface area contributed by atoms with E-state index in [1.807, 2.05) is 49.4 Å². The topological polar surface area (TPSA) is 34.1 Å². The Balaban J connectivity index is 2.41. The Morgan fingerprint density at radius 2 is 1.64 bits per heavy atom. The van der Waals surface area contributed by atoms with E-state index >= 15 is 0 Å². The van der Waals surface area contributed by atoms with Gasteiger partial charge in [-0.25, -0.2) is 8.42 Å². The molecular weight excluding hydrogens is 292 g/mol. The van der Waals surface area contributed by atoms with E-state index < -0.39 is 9.84 Å². The van der Waals surface area contributed by atoms with Crippen LogP contribution in [-0.2, 0) is 9.84 Å². The Morgan fingerprint density at radius 1 is 1.00 bits per heavy atom. The molecule has 0 bridgehead atoms. The van der Waals surface area contributed by atoms with Crippen molar-refractivity contribution >= 4 is 15.4 Å². The van der Waals surface area contributed by atoms with Crippen LogP contribution in [0.4, 0.5) is 0 Å². The highest BCUT2D eigenvalue weighted by atomic mass is 32.2.